The topological polar surface area (TPSA) is 42.9 Å². The van der Waals surface area contributed by atoms with Gasteiger partial charge in [0.15, 0.2) is 5.78 Å². The third kappa shape index (κ3) is 2.10. The maximum Gasteiger partial charge on any atom is 0.178 e. The number of benzene rings is 1. The lowest BCUT2D eigenvalue weighted by atomic mass is 10.0. The first kappa shape index (κ1) is 11.5. The zero-order valence-corrected chi connectivity index (χ0v) is 10.5. The van der Waals surface area contributed by atoms with Crippen LogP contribution in [-0.4, -0.2) is 15.8 Å². The van der Waals surface area contributed by atoms with E-state index in [2.05, 4.69) is 9.97 Å². The third-order valence-corrected chi connectivity index (χ3v) is 3.03. The molecule has 0 atom stereocenters. The highest BCUT2D eigenvalue weighted by Gasteiger charge is 2.07. The molecule has 0 bridgehead atoms. The molecular formula is C16H12N2O. The van der Waals surface area contributed by atoms with Gasteiger partial charge in [-0.15, -0.1) is 0 Å². The van der Waals surface area contributed by atoms with Gasteiger partial charge < -0.3 is 0 Å². The van der Waals surface area contributed by atoms with Crippen molar-refractivity contribution in [3.63, 3.8) is 0 Å². The molecule has 0 aliphatic rings. The Kier molecular flexibility index (Phi) is 2.80. The number of pyridine rings is 2. The van der Waals surface area contributed by atoms with Gasteiger partial charge in [0.2, 0.25) is 0 Å². The minimum absolute atomic E-state index is 0.0230. The predicted molar refractivity (Wildman–Crippen MR) is 75.0 cm³/mol. The van der Waals surface area contributed by atoms with Crippen LogP contribution in [0.1, 0.15) is 17.4 Å². The van der Waals surface area contributed by atoms with Crippen LogP contribution in [0, 0.1) is 0 Å². The first-order chi connectivity index (χ1) is 9.25. The fourth-order valence-corrected chi connectivity index (χ4v) is 2.10. The summed E-state index contributed by atoms with van der Waals surface area (Å²) in [5.74, 6) is -0.0230. The van der Waals surface area contributed by atoms with Crippen LogP contribution >= 0.6 is 0 Å². The van der Waals surface area contributed by atoms with Crippen LogP contribution in [0.2, 0.25) is 0 Å². The van der Waals surface area contributed by atoms with Crippen LogP contribution in [0.25, 0.3) is 22.2 Å². The highest BCUT2D eigenvalue weighted by Crippen LogP contribution is 2.26. The quantitative estimate of drug-likeness (QED) is 0.652. The minimum atomic E-state index is -0.0230. The van der Waals surface area contributed by atoms with E-state index >= 15 is 0 Å². The van der Waals surface area contributed by atoms with Gasteiger partial charge in [0.25, 0.3) is 0 Å². The largest absolute Gasteiger partial charge is 0.293 e. The van der Waals surface area contributed by atoms with Gasteiger partial charge in [-0.2, -0.15) is 0 Å². The fourth-order valence-electron chi connectivity index (χ4n) is 2.10. The number of carbonyl (C=O) groups is 1. The smallest absolute Gasteiger partial charge is 0.178 e. The van der Waals surface area contributed by atoms with Crippen molar-refractivity contribution in [1.29, 1.82) is 0 Å². The molecule has 0 N–H and O–H groups in total. The van der Waals surface area contributed by atoms with E-state index in [4.69, 9.17) is 0 Å². The maximum atomic E-state index is 11.4. The molecule has 3 rings (SSSR count). The van der Waals surface area contributed by atoms with Gasteiger partial charge in [-0.3, -0.25) is 9.78 Å². The van der Waals surface area contributed by atoms with Crippen molar-refractivity contribution in [2.45, 2.75) is 6.92 Å². The van der Waals surface area contributed by atoms with Crippen molar-refractivity contribution in [1.82, 2.24) is 9.97 Å². The first-order valence-corrected chi connectivity index (χ1v) is 6.08. The van der Waals surface area contributed by atoms with Crippen LogP contribution in [0.5, 0.6) is 0 Å². The number of hydrogen-bond acceptors (Lipinski definition) is 3. The second kappa shape index (κ2) is 4.61. The van der Waals surface area contributed by atoms with E-state index in [0.29, 0.717) is 5.69 Å². The van der Waals surface area contributed by atoms with E-state index in [1.165, 1.54) is 6.92 Å². The van der Waals surface area contributed by atoms with Crippen LogP contribution in [0.3, 0.4) is 0 Å². The molecule has 0 spiro atoms. The van der Waals surface area contributed by atoms with Gasteiger partial charge in [0.1, 0.15) is 5.69 Å². The first-order valence-electron chi connectivity index (χ1n) is 6.08. The molecule has 2 aromatic heterocycles. The van der Waals surface area contributed by atoms with Crippen molar-refractivity contribution < 1.29 is 4.79 Å². The van der Waals surface area contributed by atoms with Crippen molar-refractivity contribution in [2.75, 3.05) is 0 Å². The third-order valence-electron chi connectivity index (χ3n) is 3.03. The molecule has 0 aliphatic heterocycles. The molecule has 2 heterocycles. The Morgan fingerprint density at radius 3 is 2.63 bits per heavy atom. The zero-order chi connectivity index (χ0) is 13.2. The summed E-state index contributed by atoms with van der Waals surface area (Å²) in [6.45, 7) is 1.52. The lowest BCUT2D eigenvalue weighted by Crippen LogP contribution is -1.96. The zero-order valence-electron chi connectivity index (χ0n) is 10.5. The Balaban J connectivity index is 2.25. The number of carbonyl (C=O) groups excluding carboxylic acids is 1. The van der Waals surface area contributed by atoms with Crippen LogP contribution < -0.4 is 0 Å². The number of fused-ring (bicyclic) bond motifs is 1. The van der Waals surface area contributed by atoms with Crippen molar-refractivity contribution in [2.24, 2.45) is 0 Å². The highest BCUT2D eigenvalue weighted by molar-refractivity contribution is 5.98. The summed E-state index contributed by atoms with van der Waals surface area (Å²) in [6.07, 6.45) is 1.77. The van der Waals surface area contributed by atoms with E-state index in [1.807, 2.05) is 42.5 Å². The van der Waals surface area contributed by atoms with Crippen LogP contribution in [0.15, 0.2) is 54.7 Å². The summed E-state index contributed by atoms with van der Waals surface area (Å²) in [5, 5.41) is 1.01. The monoisotopic (exact) mass is 248 g/mol. The van der Waals surface area contributed by atoms with E-state index < -0.39 is 0 Å². The van der Waals surface area contributed by atoms with Gasteiger partial charge in [-0.05, 0) is 30.3 Å². The molecule has 0 aliphatic carbocycles. The molecule has 0 unspecified atom stereocenters. The van der Waals surface area contributed by atoms with Gasteiger partial charge in [-0.25, -0.2) is 4.98 Å². The van der Waals surface area contributed by atoms with Crippen LogP contribution in [0.4, 0.5) is 0 Å². The van der Waals surface area contributed by atoms with E-state index in [9.17, 15) is 4.79 Å². The second-order valence-electron chi connectivity index (χ2n) is 4.34. The molecule has 1 aromatic carbocycles. The standard InChI is InChI=1S/C16H12N2O/c1-11(19)14-9-8-13-12(5-4-7-16(13)18-14)15-6-2-3-10-17-15/h2-10H,1H3. The summed E-state index contributed by atoms with van der Waals surface area (Å²) in [7, 11) is 0. The predicted octanol–water partition coefficient (Wildman–Crippen LogP) is 3.50. The molecule has 0 saturated heterocycles. The Hall–Kier alpha value is -2.55. The van der Waals surface area contributed by atoms with Gasteiger partial charge in [0.05, 0.1) is 11.2 Å². The Labute approximate surface area is 111 Å². The number of nitrogens with zero attached hydrogens (tertiary/aromatic N) is 2. The molecule has 92 valence electrons. The number of hydrogen-bond donors (Lipinski definition) is 0. The maximum absolute atomic E-state index is 11.4. The highest BCUT2D eigenvalue weighted by atomic mass is 16.1. The SMILES string of the molecule is CC(=O)c1ccc2c(-c3ccccn3)cccc2n1. The van der Waals surface area contributed by atoms with Crippen LogP contribution in [-0.2, 0) is 0 Å². The number of ketones is 1. The molecule has 0 saturated carbocycles. The van der Waals surface area contributed by atoms with Gasteiger partial charge in [0, 0.05) is 24.1 Å². The normalized spacial score (nSPS) is 10.6. The Morgan fingerprint density at radius 2 is 1.89 bits per heavy atom. The van der Waals surface area contributed by atoms with Crippen molar-refractivity contribution >= 4 is 16.7 Å². The average Bonchev–Trinajstić information content (AvgIpc) is 2.47. The average molecular weight is 248 g/mol. The fraction of sp³-hybridized carbons (Fsp3) is 0.0625. The summed E-state index contributed by atoms with van der Waals surface area (Å²) >= 11 is 0. The lowest BCUT2D eigenvalue weighted by molar-refractivity contribution is 0.101. The Morgan fingerprint density at radius 1 is 1.00 bits per heavy atom. The molecular weight excluding hydrogens is 236 g/mol. The second-order valence-corrected chi connectivity index (χ2v) is 4.34. The van der Waals surface area contributed by atoms with Gasteiger partial charge in [-0.1, -0.05) is 18.2 Å². The molecule has 19 heavy (non-hydrogen) atoms. The van der Waals surface area contributed by atoms with Gasteiger partial charge >= 0.3 is 0 Å². The van der Waals surface area contributed by atoms with E-state index in [1.54, 1.807) is 12.3 Å². The number of Topliss-reactive ketones (excluding diaryl/α,β-unsaturated/α-hetero) is 1. The molecule has 3 heteroatoms. The summed E-state index contributed by atoms with van der Waals surface area (Å²) in [5.41, 5.74) is 3.24. The summed E-state index contributed by atoms with van der Waals surface area (Å²) in [4.78, 5) is 20.1. The number of rotatable bonds is 2. The van der Waals surface area contributed by atoms with Crippen molar-refractivity contribution in [3.8, 4) is 11.3 Å². The Bertz CT molecular complexity index is 751. The molecule has 0 amide bonds. The molecule has 3 nitrogen and oxygen atoms in total. The van der Waals surface area contributed by atoms with Crippen molar-refractivity contribution in [3.05, 3.63) is 60.4 Å². The summed E-state index contributed by atoms with van der Waals surface area (Å²) in [6, 6.07) is 15.4. The lowest BCUT2D eigenvalue weighted by Gasteiger charge is -2.06. The minimum Gasteiger partial charge on any atom is -0.293 e. The summed E-state index contributed by atoms with van der Waals surface area (Å²) < 4.78 is 0. The molecule has 3 aromatic rings. The van der Waals surface area contributed by atoms with E-state index in [0.717, 1.165) is 22.2 Å². The molecule has 0 fully saturated rings. The number of aromatic nitrogens is 2. The van der Waals surface area contributed by atoms with E-state index in [-0.39, 0.29) is 5.78 Å². The molecule has 0 radical (unpaired) electrons.